The molecule has 0 spiro atoms. The van der Waals surface area contributed by atoms with Gasteiger partial charge in [-0.15, -0.1) is 11.3 Å². The molecular weight excluding hydrogens is 274 g/mol. The quantitative estimate of drug-likeness (QED) is 0.442. The molecule has 1 unspecified atom stereocenters. The summed E-state index contributed by atoms with van der Waals surface area (Å²) in [7, 11) is 0. The molecule has 1 saturated carbocycles. The first-order valence-electron chi connectivity index (χ1n) is 5.87. The molecule has 2 aliphatic rings. The number of hydrogen-bond donors (Lipinski definition) is 3. The standard InChI is InChI=1S/C11H16ClN3S2/c1-10(5-2-3-6-10)14-11(12)13-8-4-7-16-9(8)17-15-11/h4,7,13-15H,2-3,5-6H2,1H3. The van der Waals surface area contributed by atoms with E-state index in [0.717, 1.165) is 5.69 Å². The molecule has 0 saturated heterocycles. The highest BCUT2D eigenvalue weighted by atomic mass is 35.5. The van der Waals surface area contributed by atoms with Crippen molar-refractivity contribution >= 4 is 40.6 Å². The van der Waals surface area contributed by atoms with Crippen LogP contribution in [0.2, 0.25) is 0 Å². The molecule has 0 amide bonds. The molecule has 1 aromatic heterocycles. The first kappa shape index (κ1) is 12.1. The summed E-state index contributed by atoms with van der Waals surface area (Å²) in [5.74, 6) is 0. The minimum Gasteiger partial charge on any atom is -0.340 e. The van der Waals surface area contributed by atoms with Crippen molar-refractivity contribution in [3.8, 4) is 0 Å². The first-order valence-corrected chi connectivity index (χ1v) is 7.94. The fourth-order valence-electron chi connectivity index (χ4n) is 2.55. The summed E-state index contributed by atoms with van der Waals surface area (Å²) in [6.07, 6.45) is 4.94. The average molecular weight is 290 g/mol. The first-order chi connectivity index (χ1) is 8.09. The number of halogens is 1. The number of hydrogen-bond acceptors (Lipinski definition) is 5. The molecule has 6 heteroatoms. The molecule has 17 heavy (non-hydrogen) atoms. The van der Waals surface area contributed by atoms with E-state index in [1.165, 1.54) is 29.9 Å². The van der Waals surface area contributed by atoms with Crippen molar-refractivity contribution in [1.29, 1.82) is 0 Å². The van der Waals surface area contributed by atoms with E-state index in [9.17, 15) is 0 Å². The molecular formula is C11H16ClN3S2. The second kappa shape index (κ2) is 4.31. The van der Waals surface area contributed by atoms with Crippen molar-refractivity contribution in [2.75, 3.05) is 5.32 Å². The lowest BCUT2D eigenvalue weighted by Crippen LogP contribution is -2.63. The Morgan fingerprint density at radius 1 is 1.41 bits per heavy atom. The Kier molecular flexibility index (Phi) is 3.07. The fourth-order valence-corrected chi connectivity index (χ4v) is 4.62. The Labute approximate surface area is 115 Å². The van der Waals surface area contributed by atoms with E-state index in [1.54, 1.807) is 23.3 Å². The zero-order valence-corrected chi connectivity index (χ0v) is 12.1. The monoisotopic (exact) mass is 289 g/mol. The van der Waals surface area contributed by atoms with Crippen LogP contribution in [0, 0.1) is 0 Å². The highest BCUT2D eigenvalue weighted by Gasteiger charge is 2.40. The Morgan fingerprint density at radius 2 is 2.18 bits per heavy atom. The third kappa shape index (κ3) is 2.44. The van der Waals surface area contributed by atoms with E-state index in [1.807, 2.05) is 0 Å². The van der Waals surface area contributed by atoms with Crippen molar-refractivity contribution in [3.05, 3.63) is 11.4 Å². The zero-order chi connectivity index (χ0) is 11.9. The number of anilines is 1. The molecule has 1 aromatic rings. The van der Waals surface area contributed by atoms with Crippen LogP contribution in [0.1, 0.15) is 32.6 Å². The van der Waals surface area contributed by atoms with Gasteiger partial charge in [0.15, 0.2) is 0 Å². The number of fused-ring (bicyclic) bond motifs is 1. The van der Waals surface area contributed by atoms with Crippen molar-refractivity contribution in [1.82, 2.24) is 10.0 Å². The van der Waals surface area contributed by atoms with Gasteiger partial charge in [-0.05, 0) is 43.2 Å². The molecule has 0 aromatic carbocycles. The molecule has 94 valence electrons. The van der Waals surface area contributed by atoms with E-state index >= 15 is 0 Å². The molecule has 1 aliphatic heterocycles. The van der Waals surface area contributed by atoms with Gasteiger partial charge in [-0.3, -0.25) is 5.32 Å². The molecule has 1 aliphatic carbocycles. The summed E-state index contributed by atoms with van der Waals surface area (Å²) in [4.78, 5) is 0. The third-order valence-electron chi connectivity index (χ3n) is 3.40. The van der Waals surface area contributed by atoms with Crippen molar-refractivity contribution in [2.24, 2.45) is 0 Å². The molecule has 1 atom stereocenters. The van der Waals surface area contributed by atoms with Crippen LogP contribution in [0.15, 0.2) is 15.7 Å². The third-order valence-corrected chi connectivity index (χ3v) is 5.86. The van der Waals surface area contributed by atoms with Gasteiger partial charge in [0, 0.05) is 5.54 Å². The summed E-state index contributed by atoms with van der Waals surface area (Å²) in [5.41, 5.74) is 1.25. The van der Waals surface area contributed by atoms with Crippen LogP contribution in [0.5, 0.6) is 0 Å². The predicted molar refractivity (Wildman–Crippen MR) is 75.5 cm³/mol. The summed E-state index contributed by atoms with van der Waals surface area (Å²) < 4.78 is 4.50. The lowest BCUT2D eigenvalue weighted by molar-refractivity contribution is 0.297. The number of thiophene rings is 1. The maximum Gasteiger partial charge on any atom is 0.233 e. The van der Waals surface area contributed by atoms with Gasteiger partial charge in [0.05, 0.1) is 9.90 Å². The van der Waals surface area contributed by atoms with Crippen LogP contribution in [0.4, 0.5) is 5.69 Å². The van der Waals surface area contributed by atoms with Crippen molar-refractivity contribution in [2.45, 2.75) is 47.6 Å². The van der Waals surface area contributed by atoms with Crippen LogP contribution >= 0.6 is 34.9 Å². The van der Waals surface area contributed by atoms with E-state index < -0.39 is 5.25 Å². The van der Waals surface area contributed by atoms with Gasteiger partial charge in [-0.2, -0.15) is 0 Å². The van der Waals surface area contributed by atoms with Gasteiger partial charge in [0.1, 0.15) is 0 Å². The number of nitrogens with one attached hydrogen (secondary N) is 3. The smallest absolute Gasteiger partial charge is 0.233 e. The van der Waals surface area contributed by atoms with Crippen molar-refractivity contribution < 1.29 is 0 Å². The fraction of sp³-hybridized carbons (Fsp3) is 0.636. The van der Waals surface area contributed by atoms with E-state index in [4.69, 9.17) is 11.6 Å². The molecule has 3 rings (SSSR count). The maximum absolute atomic E-state index is 6.58. The maximum atomic E-state index is 6.58. The zero-order valence-electron chi connectivity index (χ0n) is 9.68. The second-order valence-electron chi connectivity index (χ2n) is 5.00. The molecule has 3 N–H and O–H groups in total. The highest BCUT2D eigenvalue weighted by molar-refractivity contribution is 7.99. The van der Waals surface area contributed by atoms with Gasteiger partial charge < -0.3 is 5.32 Å². The normalized spacial score (nSPS) is 30.9. The molecule has 1 fully saturated rings. The van der Waals surface area contributed by atoms with Gasteiger partial charge in [0.2, 0.25) is 5.25 Å². The Balaban J connectivity index is 1.75. The minimum absolute atomic E-state index is 0.135. The minimum atomic E-state index is -0.738. The van der Waals surface area contributed by atoms with Crippen LogP contribution in [-0.4, -0.2) is 10.8 Å². The lowest BCUT2D eigenvalue weighted by Gasteiger charge is -2.40. The van der Waals surface area contributed by atoms with Crippen LogP contribution < -0.4 is 15.4 Å². The number of alkyl halides is 1. The molecule has 3 nitrogen and oxygen atoms in total. The van der Waals surface area contributed by atoms with E-state index in [2.05, 4.69) is 33.7 Å². The van der Waals surface area contributed by atoms with Crippen molar-refractivity contribution in [3.63, 3.8) is 0 Å². The summed E-state index contributed by atoms with van der Waals surface area (Å²) in [6.45, 7) is 2.25. The molecule has 0 bridgehead atoms. The Bertz CT molecular complexity index is 417. The number of rotatable bonds is 2. The highest BCUT2D eigenvalue weighted by Crippen LogP contribution is 2.40. The second-order valence-corrected chi connectivity index (χ2v) is 7.56. The van der Waals surface area contributed by atoms with Crippen LogP contribution in [0.25, 0.3) is 0 Å². The van der Waals surface area contributed by atoms with E-state index in [0.29, 0.717) is 0 Å². The Hall–Kier alpha value is 0.0600. The average Bonchev–Trinajstić information content (AvgIpc) is 2.85. The van der Waals surface area contributed by atoms with Gasteiger partial charge >= 0.3 is 0 Å². The van der Waals surface area contributed by atoms with Crippen LogP contribution in [0.3, 0.4) is 0 Å². The Morgan fingerprint density at radius 3 is 2.94 bits per heavy atom. The van der Waals surface area contributed by atoms with Gasteiger partial charge in [0.25, 0.3) is 0 Å². The van der Waals surface area contributed by atoms with Crippen LogP contribution in [-0.2, 0) is 0 Å². The predicted octanol–water partition coefficient (Wildman–Crippen LogP) is 3.54. The van der Waals surface area contributed by atoms with Gasteiger partial charge in [-0.1, -0.05) is 24.4 Å². The summed E-state index contributed by atoms with van der Waals surface area (Å²) in [5, 5.41) is 8.20. The summed E-state index contributed by atoms with van der Waals surface area (Å²) in [6, 6.07) is 2.07. The lowest BCUT2D eigenvalue weighted by atomic mass is 10.0. The largest absolute Gasteiger partial charge is 0.340 e. The SMILES string of the molecule is CC1(NC2(Cl)NSc3sccc3N2)CCCC1. The topological polar surface area (TPSA) is 36.1 Å². The summed E-state index contributed by atoms with van der Waals surface area (Å²) >= 11 is 9.90. The molecule has 0 radical (unpaired) electrons. The van der Waals surface area contributed by atoms with E-state index in [-0.39, 0.29) is 5.54 Å². The molecule has 2 heterocycles. The van der Waals surface area contributed by atoms with Gasteiger partial charge in [-0.25, -0.2) is 4.72 Å².